The molecule has 0 radical (unpaired) electrons. The van der Waals surface area contributed by atoms with E-state index in [1.807, 2.05) is 31.1 Å². The molecule has 3 N–H and O–H groups in total. The van der Waals surface area contributed by atoms with Gasteiger partial charge in [0.15, 0.2) is 0 Å². The van der Waals surface area contributed by atoms with E-state index in [1.165, 1.54) is 19.3 Å². The van der Waals surface area contributed by atoms with Gasteiger partial charge in [0.25, 0.3) is 5.91 Å². The zero-order valence-electron chi connectivity index (χ0n) is 18.8. The number of carbonyl (C=O) groups excluding carboxylic acids is 2. The fraction of sp³-hybridized carbons (Fsp3) is 0.667. The standard InChI is InChI=1S/C24H36N4O2/c1-15(2)14-25-22(29)20-10-19(5-6-21(20)28(3)4)26-23(30)27-24-11-16-7-17(12-24)9-18(8-16)13-24/h5-6,10,15-18H,7-9,11-14H2,1-4H3,(H,25,29)(H2,26,27,30). The van der Waals surface area contributed by atoms with E-state index in [4.69, 9.17) is 0 Å². The average molecular weight is 413 g/mol. The molecule has 1 aromatic rings. The summed E-state index contributed by atoms with van der Waals surface area (Å²) in [4.78, 5) is 27.5. The first-order valence-corrected chi connectivity index (χ1v) is 11.4. The van der Waals surface area contributed by atoms with Crippen LogP contribution in [-0.4, -0.2) is 38.1 Å². The van der Waals surface area contributed by atoms with Crippen LogP contribution in [0, 0.1) is 23.7 Å². The molecule has 1 aromatic carbocycles. The van der Waals surface area contributed by atoms with E-state index >= 15 is 0 Å². The van der Waals surface area contributed by atoms with Gasteiger partial charge >= 0.3 is 6.03 Å². The Morgan fingerprint density at radius 2 is 1.67 bits per heavy atom. The van der Waals surface area contributed by atoms with E-state index in [-0.39, 0.29) is 17.5 Å². The molecule has 30 heavy (non-hydrogen) atoms. The molecule has 4 aliphatic carbocycles. The van der Waals surface area contributed by atoms with Gasteiger partial charge in [0.1, 0.15) is 0 Å². The Balaban J connectivity index is 1.45. The Kier molecular flexibility index (Phi) is 5.69. The second-order valence-corrected chi connectivity index (χ2v) is 10.5. The molecule has 0 heterocycles. The molecular formula is C24H36N4O2. The molecule has 164 valence electrons. The highest BCUT2D eigenvalue weighted by Gasteiger charge is 2.51. The van der Waals surface area contributed by atoms with Crippen molar-refractivity contribution < 1.29 is 9.59 Å². The molecule has 4 bridgehead atoms. The van der Waals surface area contributed by atoms with Crippen molar-refractivity contribution in [3.8, 4) is 0 Å². The molecule has 6 nitrogen and oxygen atoms in total. The number of amides is 3. The average Bonchev–Trinajstić information content (AvgIpc) is 2.64. The lowest BCUT2D eigenvalue weighted by Crippen LogP contribution is -2.60. The monoisotopic (exact) mass is 412 g/mol. The van der Waals surface area contributed by atoms with Crippen LogP contribution in [-0.2, 0) is 0 Å². The minimum atomic E-state index is -0.150. The maximum absolute atomic E-state index is 12.9. The number of rotatable bonds is 6. The molecule has 0 spiro atoms. The second kappa shape index (κ2) is 8.12. The van der Waals surface area contributed by atoms with E-state index in [0.717, 1.165) is 42.7 Å². The molecule has 0 atom stereocenters. The summed E-state index contributed by atoms with van der Waals surface area (Å²) in [5.41, 5.74) is 2.04. The molecule has 3 amide bonds. The van der Waals surface area contributed by atoms with Gasteiger partial charge in [0, 0.05) is 37.6 Å². The van der Waals surface area contributed by atoms with Crippen LogP contribution in [0.2, 0.25) is 0 Å². The van der Waals surface area contributed by atoms with Crippen molar-refractivity contribution in [2.75, 3.05) is 30.9 Å². The molecule has 0 aromatic heterocycles. The molecule has 4 fully saturated rings. The van der Waals surface area contributed by atoms with Crippen LogP contribution < -0.4 is 20.9 Å². The van der Waals surface area contributed by atoms with Gasteiger partial charge in [-0.3, -0.25) is 4.79 Å². The van der Waals surface area contributed by atoms with Crippen LogP contribution in [0.15, 0.2) is 18.2 Å². The molecule has 4 saturated carbocycles. The third kappa shape index (κ3) is 4.42. The maximum Gasteiger partial charge on any atom is 0.319 e. The summed E-state index contributed by atoms with van der Waals surface area (Å²) >= 11 is 0. The highest BCUT2D eigenvalue weighted by molar-refractivity contribution is 6.02. The SMILES string of the molecule is CC(C)CNC(=O)c1cc(NC(=O)NC23CC4CC(CC(C4)C2)C3)ccc1N(C)C. The number of benzene rings is 1. The Bertz CT molecular complexity index is 782. The number of carbonyl (C=O) groups is 2. The molecule has 0 unspecified atom stereocenters. The lowest BCUT2D eigenvalue weighted by atomic mass is 9.53. The maximum atomic E-state index is 12.9. The van der Waals surface area contributed by atoms with E-state index in [9.17, 15) is 9.59 Å². The summed E-state index contributed by atoms with van der Waals surface area (Å²) in [5, 5.41) is 9.32. The third-order valence-corrected chi connectivity index (χ3v) is 7.07. The van der Waals surface area contributed by atoms with Crippen LogP contribution in [0.1, 0.15) is 62.7 Å². The van der Waals surface area contributed by atoms with Crippen molar-refractivity contribution in [3.63, 3.8) is 0 Å². The van der Waals surface area contributed by atoms with Gasteiger partial charge in [0.05, 0.1) is 5.56 Å². The summed E-state index contributed by atoms with van der Waals surface area (Å²) in [5.74, 6) is 2.62. The summed E-state index contributed by atoms with van der Waals surface area (Å²) in [6.07, 6.45) is 7.41. The van der Waals surface area contributed by atoms with E-state index in [2.05, 4.69) is 29.8 Å². The highest BCUT2D eigenvalue weighted by Crippen LogP contribution is 2.55. The summed E-state index contributed by atoms with van der Waals surface area (Å²) in [6.45, 7) is 4.76. The Hall–Kier alpha value is -2.24. The van der Waals surface area contributed by atoms with E-state index < -0.39 is 0 Å². The van der Waals surface area contributed by atoms with Gasteiger partial charge in [-0.1, -0.05) is 13.8 Å². The van der Waals surface area contributed by atoms with Crippen molar-refractivity contribution in [3.05, 3.63) is 23.8 Å². The Morgan fingerprint density at radius 3 is 2.20 bits per heavy atom. The second-order valence-electron chi connectivity index (χ2n) is 10.5. The zero-order chi connectivity index (χ0) is 21.5. The van der Waals surface area contributed by atoms with Gasteiger partial charge in [0.2, 0.25) is 0 Å². The van der Waals surface area contributed by atoms with Crippen molar-refractivity contribution in [2.45, 2.75) is 57.9 Å². The minimum Gasteiger partial charge on any atom is -0.377 e. The number of anilines is 2. The highest BCUT2D eigenvalue weighted by atomic mass is 16.2. The van der Waals surface area contributed by atoms with Gasteiger partial charge < -0.3 is 20.9 Å². The van der Waals surface area contributed by atoms with Crippen LogP contribution in [0.3, 0.4) is 0 Å². The first-order valence-electron chi connectivity index (χ1n) is 11.4. The van der Waals surface area contributed by atoms with Crippen LogP contribution >= 0.6 is 0 Å². The quantitative estimate of drug-likeness (QED) is 0.655. The predicted octanol–water partition coefficient (Wildman–Crippen LogP) is 4.23. The lowest BCUT2D eigenvalue weighted by Gasteiger charge is -2.56. The van der Waals surface area contributed by atoms with Crippen LogP contribution in [0.5, 0.6) is 0 Å². The predicted molar refractivity (Wildman–Crippen MR) is 121 cm³/mol. The summed E-state index contributed by atoms with van der Waals surface area (Å²) in [6, 6.07) is 5.39. The number of hydrogen-bond donors (Lipinski definition) is 3. The number of nitrogens with one attached hydrogen (secondary N) is 3. The molecule has 5 rings (SSSR count). The topological polar surface area (TPSA) is 73.5 Å². The molecule has 0 saturated heterocycles. The van der Waals surface area contributed by atoms with Crippen LogP contribution in [0.4, 0.5) is 16.2 Å². The van der Waals surface area contributed by atoms with Crippen molar-refractivity contribution in [1.29, 1.82) is 0 Å². The first-order chi connectivity index (χ1) is 14.2. The normalized spacial score (nSPS) is 29.0. The Morgan fingerprint density at radius 1 is 1.07 bits per heavy atom. The first kappa shape index (κ1) is 21.0. The fourth-order valence-corrected chi connectivity index (χ4v) is 6.24. The molecule has 0 aliphatic heterocycles. The molecule has 6 heteroatoms. The zero-order valence-corrected chi connectivity index (χ0v) is 18.8. The lowest BCUT2D eigenvalue weighted by molar-refractivity contribution is -0.0127. The minimum absolute atomic E-state index is 0.0279. The van der Waals surface area contributed by atoms with Crippen molar-refractivity contribution >= 4 is 23.3 Å². The number of nitrogens with zero attached hydrogens (tertiary/aromatic N) is 1. The largest absolute Gasteiger partial charge is 0.377 e. The number of hydrogen-bond acceptors (Lipinski definition) is 3. The van der Waals surface area contributed by atoms with Gasteiger partial charge in [-0.15, -0.1) is 0 Å². The molecule has 4 aliphatic rings. The van der Waals surface area contributed by atoms with Gasteiger partial charge in [-0.2, -0.15) is 0 Å². The molecular weight excluding hydrogens is 376 g/mol. The van der Waals surface area contributed by atoms with E-state index in [0.29, 0.717) is 23.7 Å². The van der Waals surface area contributed by atoms with E-state index in [1.54, 1.807) is 6.07 Å². The van der Waals surface area contributed by atoms with Crippen molar-refractivity contribution in [1.82, 2.24) is 10.6 Å². The summed E-state index contributed by atoms with van der Waals surface area (Å²) in [7, 11) is 3.84. The van der Waals surface area contributed by atoms with Crippen LogP contribution in [0.25, 0.3) is 0 Å². The van der Waals surface area contributed by atoms with Crippen molar-refractivity contribution in [2.24, 2.45) is 23.7 Å². The third-order valence-electron chi connectivity index (χ3n) is 7.07. The van der Waals surface area contributed by atoms with Gasteiger partial charge in [-0.25, -0.2) is 4.79 Å². The smallest absolute Gasteiger partial charge is 0.319 e. The summed E-state index contributed by atoms with van der Waals surface area (Å²) < 4.78 is 0. The Labute approximate surface area is 180 Å². The number of urea groups is 1. The fourth-order valence-electron chi connectivity index (χ4n) is 6.24. The van der Waals surface area contributed by atoms with Gasteiger partial charge in [-0.05, 0) is 80.4 Å².